The summed E-state index contributed by atoms with van der Waals surface area (Å²) in [5, 5.41) is 8.61. The molecule has 1 fully saturated rings. The van der Waals surface area contributed by atoms with Gasteiger partial charge in [0.2, 0.25) is 0 Å². The number of carbonyl (C=O) groups is 1. The Morgan fingerprint density at radius 1 is 1.30 bits per heavy atom. The maximum Gasteiger partial charge on any atom is 0.341 e. The van der Waals surface area contributed by atoms with Gasteiger partial charge in [-0.15, -0.1) is 0 Å². The Kier molecular flexibility index (Phi) is 5.45. The van der Waals surface area contributed by atoms with Crippen LogP contribution in [0.3, 0.4) is 0 Å². The van der Waals surface area contributed by atoms with Gasteiger partial charge in [0.05, 0.1) is 0 Å². The van der Waals surface area contributed by atoms with E-state index >= 15 is 0 Å². The third-order valence-corrected chi connectivity index (χ3v) is 4.24. The number of carboxylic acids is 1. The Morgan fingerprint density at radius 3 is 2.75 bits per heavy atom. The van der Waals surface area contributed by atoms with Gasteiger partial charge in [-0.2, -0.15) is 0 Å². The highest BCUT2D eigenvalue weighted by Gasteiger charge is 2.17. The first kappa shape index (κ1) is 14.9. The zero-order valence-corrected chi connectivity index (χ0v) is 12.2. The Morgan fingerprint density at radius 2 is 2.05 bits per heavy atom. The summed E-state index contributed by atoms with van der Waals surface area (Å²) in [5.41, 5.74) is 1.24. The van der Waals surface area contributed by atoms with Crippen LogP contribution in [0, 0.1) is 11.8 Å². The van der Waals surface area contributed by atoms with E-state index in [4.69, 9.17) is 9.84 Å². The van der Waals surface area contributed by atoms with Gasteiger partial charge in [-0.05, 0) is 42.4 Å². The van der Waals surface area contributed by atoms with Gasteiger partial charge in [0.15, 0.2) is 6.61 Å². The highest BCUT2D eigenvalue weighted by Crippen LogP contribution is 2.31. The molecule has 0 aromatic heterocycles. The van der Waals surface area contributed by atoms with Gasteiger partial charge in [0.25, 0.3) is 0 Å². The largest absolute Gasteiger partial charge is 0.482 e. The molecule has 20 heavy (non-hydrogen) atoms. The molecule has 1 saturated carbocycles. The molecule has 0 amide bonds. The first-order valence-electron chi connectivity index (χ1n) is 7.57. The average Bonchev–Trinajstić information content (AvgIpc) is 2.45. The third kappa shape index (κ3) is 4.87. The third-order valence-electron chi connectivity index (χ3n) is 4.24. The Bertz CT molecular complexity index is 434. The lowest BCUT2D eigenvalue weighted by Crippen LogP contribution is -2.13. The summed E-state index contributed by atoms with van der Waals surface area (Å²) in [4.78, 5) is 10.5. The summed E-state index contributed by atoms with van der Waals surface area (Å²) in [7, 11) is 0. The summed E-state index contributed by atoms with van der Waals surface area (Å²) < 4.78 is 5.21. The van der Waals surface area contributed by atoms with Crippen molar-refractivity contribution < 1.29 is 14.6 Å². The summed E-state index contributed by atoms with van der Waals surface area (Å²) in [6, 6.07) is 7.82. The molecule has 1 N–H and O–H groups in total. The van der Waals surface area contributed by atoms with Crippen molar-refractivity contribution in [2.75, 3.05) is 6.61 Å². The van der Waals surface area contributed by atoms with Crippen molar-refractivity contribution in [2.45, 2.75) is 45.4 Å². The summed E-state index contributed by atoms with van der Waals surface area (Å²) in [5.74, 6) is 1.47. The van der Waals surface area contributed by atoms with Crippen LogP contribution in [0.25, 0.3) is 0 Å². The van der Waals surface area contributed by atoms with Crippen LogP contribution in [0.2, 0.25) is 0 Å². The molecule has 1 aromatic rings. The lowest BCUT2D eigenvalue weighted by Gasteiger charge is -2.26. The van der Waals surface area contributed by atoms with Crippen LogP contribution in [0.1, 0.15) is 44.6 Å². The van der Waals surface area contributed by atoms with Crippen molar-refractivity contribution in [3.63, 3.8) is 0 Å². The van der Waals surface area contributed by atoms with E-state index in [-0.39, 0.29) is 6.61 Å². The van der Waals surface area contributed by atoms with E-state index < -0.39 is 5.97 Å². The molecule has 0 aliphatic heterocycles. The predicted octanol–water partition coefficient (Wildman–Crippen LogP) is 3.91. The summed E-state index contributed by atoms with van der Waals surface area (Å²) in [6.45, 7) is 2.07. The van der Waals surface area contributed by atoms with Crippen LogP contribution in [0.15, 0.2) is 24.3 Å². The molecular formula is C17H24O3. The van der Waals surface area contributed by atoms with Gasteiger partial charge in [0, 0.05) is 0 Å². The minimum absolute atomic E-state index is 0.274. The van der Waals surface area contributed by atoms with E-state index in [1.54, 1.807) is 0 Å². The van der Waals surface area contributed by atoms with E-state index in [1.807, 2.05) is 18.2 Å². The molecule has 0 heterocycles. The fraction of sp³-hybridized carbons (Fsp3) is 0.588. The van der Waals surface area contributed by atoms with Crippen molar-refractivity contribution in [2.24, 2.45) is 11.8 Å². The Labute approximate surface area is 121 Å². The highest BCUT2D eigenvalue weighted by molar-refractivity contribution is 5.68. The minimum atomic E-state index is -0.938. The molecule has 0 unspecified atom stereocenters. The monoisotopic (exact) mass is 276 g/mol. The normalized spacial score (nSPS) is 22.4. The van der Waals surface area contributed by atoms with Crippen molar-refractivity contribution in [3.05, 3.63) is 29.8 Å². The SMILES string of the molecule is CC1CCC(CCc2cccc(OCC(=O)O)c2)CC1. The molecule has 0 atom stereocenters. The molecule has 2 rings (SSSR count). The van der Waals surface area contributed by atoms with Crippen LogP contribution in [-0.2, 0) is 11.2 Å². The van der Waals surface area contributed by atoms with Gasteiger partial charge in [-0.25, -0.2) is 4.79 Å². The summed E-state index contributed by atoms with van der Waals surface area (Å²) >= 11 is 0. The number of rotatable bonds is 6. The minimum Gasteiger partial charge on any atom is -0.482 e. The smallest absolute Gasteiger partial charge is 0.341 e. The standard InChI is InChI=1S/C17H24O3/c1-13-5-7-14(8-6-13)9-10-15-3-2-4-16(11-15)20-12-17(18)19/h2-4,11,13-14H,5-10,12H2,1H3,(H,18,19). The van der Waals surface area contributed by atoms with Crippen LogP contribution in [0.4, 0.5) is 0 Å². The number of hydrogen-bond acceptors (Lipinski definition) is 2. The van der Waals surface area contributed by atoms with E-state index in [1.165, 1.54) is 37.7 Å². The van der Waals surface area contributed by atoms with Gasteiger partial charge in [-0.1, -0.05) is 44.7 Å². The number of ether oxygens (including phenoxy) is 1. The van der Waals surface area contributed by atoms with Gasteiger partial charge >= 0.3 is 5.97 Å². The topological polar surface area (TPSA) is 46.5 Å². The number of benzene rings is 1. The number of aryl methyl sites for hydroxylation is 1. The van der Waals surface area contributed by atoms with E-state index in [9.17, 15) is 4.79 Å². The van der Waals surface area contributed by atoms with Crippen molar-refractivity contribution in [1.82, 2.24) is 0 Å². The zero-order chi connectivity index (χ0) is 14.4. The molecule has 3 heteroatoms. The molecule has 0 radical (unpaired) electrons. The van der Waals surface area contributed by atoms with E-state index in [0.717, 1.165) is 18.3 Å². The molecule has 0 bridgehead atoms. The van der Waals surface area contributed by atoms with Crippen LogP contribution < -0.4 is 4.74 Å². The Balaban J connectivity index is 1.80. The van der Waals surface area contributed by atoms with Crippen LogP contribution in [0.5, 0.6) is 5.75 Å². The molecule has 0 saturated heterocycles. The fourth-order valence-electron chi connectivity index (χ4n) is 2.92. The van der Waals surface area contributed by atoms with E-state index in [2.05, 4.69) is 13.0 Å². The first-order chi connectivity index (χ1) is 9.63. The zero-order valence-electron chi connectivity index (χ0n) is 12.2. The second-order valence-corrected chi connectivity index (χ2v) is 5.99. The van der Waals surface area contributed by atoms with Crippen molar-refractivity contribution in [1.29, 1.82) is 0 Å². The second-order valence-electron chi connectivity index (χ2n) is 5.99. The van der Waals surface area contributed by atoms with Crippen molar-refractivity contribution in [3.8, 4) is 5.75 Å². The van der Waals surface area contributed by atoms with Crippen LogP contribution >= 0.6 is 0 Å². The fourth-order valence-corrected chi connectivity index (χ4v) is 2.92. The van der Waals surface area contributed by atoms with Gasteiger partial charge in [0.1, 0.15) is 5.75 Å². The molecule has 0 spiro atoms. The average molecular weight is 276 g/mol. The maximum atomic E-state index is 10.5. The molecule has 3 nitrogen and oxygen atoms in total. The molecule has 1 aromatic carbocycles. The Hall–Kier alpha value is -1.51. The van der Waals surface area contributed by atoms with E-state index in [0.29, 0.717) is 5.75 Å². The van der Waals surface area contributed by atoms with Gasteiger partial charge in [-0.3, -0.25) is 0 Å². The predicted molar refractivity (Wildman–Crippen MR) is 79.0 cm³/mol. The molecule has 1 aliphatic rings. The molecule has 110 valence electrons. The summed E-state index contributed by atoms with van der Waals surface area (Å²) in [6.07, 6.45) is 7.74. The molecule has 1 aliphatic carbocycles. The maximum absolute atomic E-state index is 10.5. The van der Waals surface area contributed by atoms with Gasteiger partial charge < -0.3 is 9.84 Å². The first-order valence-corrected chi connectivity index (χ1v) is 7.57. The van der Waals surface area contributed by atoms with Crippen molar-refractivity contribution >= 4 is 5.97 Å². The van der Waals surface area contributed by atoms with Crippen LogP contribution in [-0.4, -0.2) is 17.7 Å². The molecular weight excluding hydrogens is 252 g/mol. The number of carboxylic acid groups (broad SMARTS) is 1. The second kappa shape index (κ2) is 7.32. The highest BCUT2D eigenvalue weighted by atomic mass is 16.5. The number of hydrogen-bond donors (Lipinski definition) is 1. The lowest BCUT2D eigenvalue weighted by molar-refractivity contribution is -0.139. The quantitative estimate of drug-likeness (QED) is 0.857. The lowest BCUT2D eigenvalue weighted by atomic mass is 9.80. The number of aliphatic carboxylic acids is 1.